The topological polar surface area (TPSA) is 76.1 Å². The maximum absolute atomic E-state index is 11.7. The molecule has 0 radical (unpaired) electrons. The van der Waals surface area contributed by atoms with E-state index in [2.05, 4.69) is 0 Å². The summed E-state index contributed by atoms with van der Waals surface area (Å²) in [7, 11) is 0. The molecular weight excluding hydrogens is 250 g/mol. The Balaban J connectivity index is 2.31. The summed E-state index contributed by atoms with van der Waals surface area (Å²) in [6.45, 7) is 7.83. The van der Waals surface area contributed by atoms with Crippen molar-refractivity contribution in [1.29, 1.82) is 0 Å². The number of hydrogen-bond donors (Lipinski definition) is 1. The van der Waals surface area contributed by atoms with Gasteiger partial charge in [-0.15, -0.1) is 0 Å². The van der Waals surface area contributed by atoms with Gasteiger partial charge in [-0.3, -0.25) is 4.79 Å². The van der Waals surface area contributed by atoms with Gasteiger partial charge >= 0.3 is 12.1 Å². The van der Waals surface area contributed by atoms with E-state index in [-0.39, 0.29) is 25.5 Å². The first kappa shape index (κ1) is 15.8. The van der Waals surface area contributed by atoms with Crippen LogP contribution in [-0.2, 0) is 14.3 Å². The van der Waals surface area contributed by atoms with Crippen LogP contribution in [0.1, 0.15) is 40.5 Å². The Kier molecular flexibility index (Phi) is 4.79. The fourth-order valence-corrected chi connectivity index (χ4v) is 1.85. The standard InChI is InChI=1S/C13H23NO5/c1-5-18-10(15)6-7-13(17)8-14(9-13)11(16)19-12(2,3)4/h17H,5-9H2,1-4H3. The Morgan fingerprint density at radius 3 is 2.37 bits per heavy atom. The number of nitrogens with zero attached hydrogens (tertiary/aromatic N) is 1. The van der Waals surface area contributed by atoms with Gasteiger partial charge in [0.2, 0.25) is 0 Å². The average molecular weight is 273 g/mol. The lowest BCUT2D eigenvalue weighted by atomic mass is 9.89. The summed E-state index contributed by atoms with van der Waals surface area (Å²) in [5.74, 6) is -0.327. The van der Waals surface area contributed by atoms with Crippen molar-refractivity contribution in [3.63, 3.8) is 0 Å². The predicted molar refractivity (Wildman–Crippen MR) is 68.6 cm³/mol. The molecule has 0 aliphatic carbocycles. The van der Waals surface area contributed by atoms with Crippen molar-refractivity contribution in [2.24, 2.45) is 0 Å². The van der Waals surface area contributed by atoms with Crippen LogP contribution in [0.25, 0.3) is 0 Å². The summed E-state index contributed by atoms with van der Waals surface area (Å²) in [5.41, 5.74) is -1.54. The van der Waals surface area contributed by atoms with Crippen molar-refractivity contribution >= 4 is 12.1 Å². The van der Waals surface area contributed by atoms with Gasteiger partial charge in [-0.05, 0) is 34.1 Å². The van der Waals surface area contributed by atoms with E-state index in [1.165, 1.54) is 4.90 Å². The van der Waals surface area contributed by atoms with E-state index in [0.29, 0.717) is 13.0 Å². The van der Waals surface area contributed by atoms with Crippen LogP contribution >= 0.6 is 0 Å². The highest BCUT2D eigenvalue weighted by atomic mass is 16.6. The lowest BCUT2D eigenvalue weighted by molar-refractivity contribution is -0.147. The lowest BCUT2D eigenvalue weighted by Gasteiger charge is -2.46. The zero-order valence-electron chi connectivity index (χ0n) is 12.1. The summed E-state index contributed by atoms with van der Waals surface area (Å²) < 4.78 is 9.97. The number of amides is 1. The van der Waals surface area contributed by atoms with Crippen molar-refractivity contribution in [3.8, 4) is 0 Å². The van der Waals surface area contributed by atoms with Crippen LogP contribution in [-0.4, -0.2) is 53.0 Å². The van der Waals surface area contributed by atoms with E-state index < -0.39 is 17.3 Å². The molecule has 0 spiro atoms. The van der Waals surface area contributed by atoms with E-state index in [1.54, 1.807) is 27.7 Å². The van der Waals surface area contributed by atoms with E-state index in [4.69, 9.17) is 9.47 Å². The Morgan fingerprint density at radius 2 is 1.89 bits per heavy atom. The molecule has 1 rings (SSSR count). The average Bonchev–Trinajstić information content (AvgIpc) is 2.20. The van der Waals surface area contributed by atoms with Crippen LogP contribution in [0.3, 0.4) is 0 Å². The van der Waals surface area contributed by atoms with Crippen LogP contribution in [0.5, 0.6) is 0 Å². The molecular formula is C13H23NO5. The molecule has 6 nitrogen and oxygen atoms in total. The Bertz CT molecular complexity index is 341. The zero-order valence-corrected chi connectivity index (χ0v) is 12.1. The van der Waals surface area contributed by atoms with Gasteiger partial charge in [0.1, 0.15) is 11.2 Å². The van der Waals surface area contributed by atoms with Gasteiger partial charge in [0.15, 0.2) is 0 Å². The quantitative estimate of drug-likeness (QED) is 0.782. The highest BCUT2D eigenvalue weighted by molar-refractivity contribution is 5.71. The molecule has 1 aliphatic heterocycles. The molecule has 1 amide bonds. The molecule has 19 heavy (non-hydrogen) atoms. The number of esters is 1. The molecule has 0 bridgehead atoms. The molecule has 1 fully saturated rings. The number of hydrogen-bond acceptors (Lipinski definition) is 5. The van der Waals surface area contributed by atoms with Crippen molar-refractivity contribution in [1.82, 2.24) is 4.90 Å². The minimum Gasteiger partial charge on any atom is -0.466 e. The van der Waals surface area contributed by atoms with Gasteiger partial charge in [0.05, 0.1) is 19.7 Å². The van der Waals surface area contributed by atoms with Gasteiger partial charge in [-0.25, -0.2) is 4.79 Å². The number of rotatable bonds is 4. The minimum absolute atomic E-state index is 0.159. The number of β-amino-alcohol motifs (C(OH)–C–C–N with tert-alkyl or cyclic N) is 1. The van der Waals surface area contributed by atoms with Crippen molar-refractivity contribution in [3.05, 3.63) is 0 Å². The molecule has 0 aromatic rings. The second-order valence-electron chi connectivity index (χ2n) is 5.87. The fraction of sp³-hybridized carbons (Fsp3) is 0.846. The Hall–Kier alpha value is -1.30. The van der Waals surface area contributed by atoms with Gasteiger partial charge < -0.3 is 19.5 Å². The molecule has 0 aromatic carbocycles. The minimum atomic E-state index is -0.996. The molecule has 0 unspecified atom stereocenters. The maximum Gasteiger partial charge on any atom is 0.410 e. The normalized spacial score (nSPS) is 17.6. The first-order valence-electron chi connectivity index (χ1n) is 6.51. The van der Waals surface area contributed by atoms with E-state index in [1.807, 2.05) is 0 Å². The van der Waals surface area contributed by atoms with Crippen molar-refractivity contribution in [2.45, 2.75) is 51.7 Å². The predicted octanol–water partition coefficient (Wildman–Crippen LogP) is 1.31. The lowest BCUT2D eigenvalue weighted by Crippen LogP contribution is -2.64. The summed E-state index contributed by atoms with van der Waals surface area (Å²) in [4.78, 5) is 24.3. The van der Waals surface area contributed by atoms with Gasteiger partial charge in [0, 0.05) is 6.42 Å². The molecule has 1 heterocycles. The number of ether oxygens (including phenoxy) is 2. The zero-order chi connectivity index (χ0) is 14.7. The molecule has 1 aliphatic rings. The molecule has 0 saturated carbocycles. The van der Waals surface area contributed by atoms with Gasteiger partial charge in [0.25, 0.3) is 0 Å². The van der Waals surface area contributed by atoms with Crippen molar-refractivity contribution in [2.75, 3.05) is 19.7 Å². The smallest absolute Gasteiger partial charge is 0.410 e. The molecule has 1 saturated heterocycles. The number of likely N-dealkylation sites (tertiary alicyclic amines) is 1. The highest BCUT2D eigenvalue weighted by Gasteiger charge is 2.45. The number of carbonyl (C=O) groups is 2. The highest BCUT2D eigenvalue weighted by Crippen LogP contribution is 2.27. The summed E-state index contributed by atoms with van der Waals surface area (Å²) in [6, 6.07) is 0. The van der Waals surface area contributed by atoms with Gasteiger partial charge in [-0.2, -0.15) is 0 Å². The van der Waals surface area contributed by atoms with Crippen LogP contribution in [0.4, 0.5) is 4.79 Å². The number of aliphatic hydroxyl groups is 1. The third kappa shape index (κ3) is 5.06. The van der Waals surface area contributed by atoms with Crippen LogP contribution in [0, 0.1) is 0 Å². The summed E-state index contributed by atoms with van der Waals surface area (Å²) in [5, 5.41) is 10.1. The second-order valence-corrected chi connectivity index (χ2v) is 5.87. The first-order valence-corrected chi connectivity index (χ1v) is 6.51. The van der Waals surface area contributed by atoms with E-state index in [0.717, 1.165) is 0 Å². The third-order valence-electron chi connectivity index (χ3n) is 2.72. The summed E-state index contributed by atoms with van der Waals surface area (Å²) >= 11 is 0. The monoisotopic (exact) mass is 273 g/mol. The van der Waals surface area contributed by atoms with Crippen LogP contribution in [0.15, 0.2) is 0 Å². The Morgan fingerprint density at radius 1 is 1.32 bits per heavy atom. The van der Waals surface area contributed by atoms with Crippen molar-refractivity contribution < 1.29 is 24.2 Å². The van der Waals surface area contributed by atoms with Crippen LogP contribution in [0.2, 0.25) is 0 Å². The molecule has 1 N–H and O–H groups in total. The molecule has 110 valence electrons. The summed E-state index contributed by atoms with van der Waals surface area (Å²) in [6.07, 6.45) is 0.0192. The molecule has 0 atom stereocenters. The maximum atomic E-state index is 11.7. The van der Waals surface area contributed by atoms with Gasteiger partial charge in [-0.1, -0.05) is 0 Å². The number of carbonyl (C=O) groups excluding carboxylic acids is 2. The largest absolute Gasteiger partial charge is 0.466 e. The fourth-order valence-electron chi connectivity index (χ4n) is 1.85. The second kappa shape index (κ2) is 5.77. The molecule has 6 heteroatoms. The molecule has 0 aromatic heterocycles. The van der Waals surface area contributed by atoms with E-state index >= 15 is 0 Å². The van der Waals surface area contributed by atoms with Crippen LogP contribution < -0.4 is 0 Å². The SMILES string of the molecule is CCOC(=O)CCC1(O)CN(C(=O)OC(C)(C)C)C1. The first-order chi connectivity index (χ1) is 8.65. The Labute approximate surface area is 113 Å². The third-order valence-corrected chi connectivity index (χ3v) is 2.72. The van der Waals surface area contributed by atoms with E-state index in [9.17, 15) is 14.7 Å².